The standard InChI is InChI=1S/C16H24N2O2/c1-12(19)18-11-16(2,3)20-15-8-7-13(10-14(15)18)6-4-5-9-17/h7-8,10H,4-6,9,11,17H2,1-3H3. The summed E-state index contributed by atoms with van der Waals surface area (Å²) in [5.41, 5.74) is 7.29. The van der Waals surface area contributed by atoms with Crippen molar-refractivity contribution in [3.05, 3.63) is 23.8 Å². The SMILES string of the molecule is CC(=O)N1CC(C)(C)Oc2ccc(CCCCN)cc21. The van der Waals surface area contributed by atoms with Crippen LogP contribution in [-0.4, -0.2) is 24.6 Å². The van der Waals surface area contributed by atoms with Gasteiger partial charge in [-0.1, -0.05) is 6.07 Å². The third-order valence-electron chi connectivity index (χ3n) is 3.54. The molecule has 1 amide bonds. The number of unbranched alkanes of at least 4 members (excludes halogenated alkanes) is 1. The highest BCUT2D eigenvalue weighted by Gasteiger charge is 2.33. The minimum Gasteiger partial charge on any atom is -0.484 e. The van der Waals surface area contributed by atoms with Crippen LogP contribution in [0.2, 0.25) is 0 Å². The molecule has 0 saturated heterocycles. The molecule has 0 aromatic heterocycles. The minimum atomic E-state index is -0.347. The monoisotopic (exact) mass is 276 g/mol. The second-order valence-corrected chi connectivity index (χ2v) is 6.01. The minimum absolute atomic E-state index is 0.0572. The molecule has 1 aliphatic rings. The number of amides is 1. The fourth-order valence-corrected chi connectivity index (χ4v) is 2.57. The first-order chi connectivity index (χ1) is 9.43. The van der Waals surface area contributed by atoms with Crippen molar-refractivity contribution in [2.75, 3.05) is 18.0 Å². The summed E-state index contributed by atoms with van der Waals surface area (Å²) in [6.45, 7) is 6.91. The van der Waals surface area contributed by atoms with Gasteiger partial charge in [-0.2, -0.15) is 0 Å². The molecule has 0 spiro atoms. The zero-order chi connectivity index (χ0) is 14.8. The molecule has 0 saturated carbocycles. The fraction of sp³-hybridized carbons (Fsp3) is 0.562. The fourth-order valence-electron chi connectivity index (χ4n) is 2.57. The Morgan fingerprint density at radius 2 is 2.15 bits per heavy atom. The molecule has 2 N–H and O–H groups in total. The Balaban J connectivity index is 2.26. The van der Waals surface area contributed by atoms with Crippen LogP contribution in [0, 0.1) is 0 Å². The maximum absolute atomic E-state index is 11.9. The highest BCUT2D eigenvalue weighted by molar-refractivity contribution is 5.94. The van der Waals surface area contributed by atoms with Gasteiger partial charge in [0.2, 0.25) is 5.91 Å². The normalized spacial score (nSPS) is 16.5. The Kier molecular flexibility index (Phi) is 4.33. The number of rotatable bonds is 4. The molecule has 1 aromatic carbocycles. The van der Waals surface area contributed by atoms with Gasteiger partial charge in [-0.15, -0.1) is 0 Å². The van der Waals surface area contributed by atoms with Crippen LogP contribution in [0.1, 0.15) is 39.2 Å². The Labute approximate surface area is 120 Å². The van der Waals surface area contributed by atoms with Crippen molar-refractivity contribution < 1.29 is 9.53 Å². The molecule has 0 aliphatic carbocycles. The van der Waals surface area contributed by atoms with Crippen molar-refractivity contribution in [1.29, 1.82) is 0 Å². The third-order valence-corrected chi connectivity index (χ3v) is 3.54. The van der Waals surface area contributed by atoms with Crippen LogP contribution in [0.5, 0.6) is 5.75 Å². The third kappa shape index (κ3) is 3.31. The van der Waals surface area contributed by atoms with Crippen LogP contribution in [0.4, 0.5) is 5.69 Å². The molecule has 0 fully saturated rings. The predicted octanol–water partition coefficient (Wildman–Crippen LogP) is 2.49. The van der Waals surface area contributed by atoms with E-state index in [4.69, 9.17) is 10.5 Å². The van der Waals surface area contributed by atoms with E-state index in [1.54, 1.807) is 6.92 Å². The lowest BCUT2D eigenvalue weighted by Crippen LogP contribution is -2.48. The maximum atomic E-state index is 11.9. The molecule has 1 aromatic rings. The number of hydrogen-bond donors (Lipinski definition) is 1. The van der Waals surface area contributed by atoms with Gasteiger partial charge in [0.1, 0.15) is 11.4 Å². The van der Waals surface area contributed by atoms with Gasteiger partial charge < -0.3 is 15.4 Å². The first kappa shape index (κ1) is 14.9. The number of ether oxygens (including phenoxy) is 1. The molecule has 0 radical (unpaired) electrons. The summed E-state index contributed by atoms with van der Waals surface area (Å²) in [5.74, 6) is 0.848. The van der Waals surface area contributed by atoms with Gasteiger partial charge in [0.05, 0.1) is 12.2 Å². The van der Waals surface area contributed by atoms with Crippen LogP contribution in [-0.2, 0) is 11.2 Å². The summed E-state index contributed by atoms with van der Waals surface area (Å²) in [4.78, 5) is 13.7. The van der Waals surface area contributed by atoms with E-state index in [1.165, 1.54) is 5.56 Å². The molecule has 4 heteroatoms. The van der Waals surface area contributed by atoms with Crippen molar-refractivity contribution in [2.24, 2.45) is 5.73 Å². The number of nitrogens with zero attached hydrogens (tertiary/aromatic N) is 1. The van der Waals surface area contributed by atoms with Gasteiger partial charge in [0.25, 0.3) is 0 Å². The van der Waals surface area contributed by atoms with E-state index in [9.17, 15) is 4.79 Å². The topological polar surface area (TPSA) is 55.6 Å². The molecule has 1 heterocycles. The molecule has 110 valence electrons. The number of nitrogens with two attached hydrogens (primary N) is 1. The summed E-state index contributed by atoms with van der Waals surface area (Å²) in [6.07, 6.45) is 3.08. The molecule has 1 aliphatic heterocycles. The molecule has 0 bridgehead atoms. The lowest BCUT2D eigenvalue weighted by Gasteiger charge is -2.39. The second kappa shape index (κ2) is 5.83. The lowest BCUT2D eigenvalue weighted by molar-refractivity contribution is -0.117. The number of aryl methyl sites for hydroxylation is 1. The van der Waals surface area contributed by atoms with Gasteiger partial charge in [-0.25, -0.2) is 0 Å². The van der Waals surface area contributed by atoms with Crippen LogP contribution in [0.15, 0.2) is 18.2 Å². The highest BCUT2D eigenvalue weighted by Crippen LogP contribution is 2.37. The molecule has 0 atom stereocenters. The van der Waals surface area contributed by atoms with E-state index in [0.717, 1.165) is 37.2 Å². The first-order valence-corrected chi connectivity index (χ1v) is 7.23. The number of fused-ring (bicyclic) bond motifs is 1. The Morgan fingerprint density at radius 3 is 2.80 bits per heavy atom. The molecule has 4 nitrogen and oxygen atoms in total. The summed E-state index contributed by atoms with van der Waals surface area (Å²) in [5, 5.41) is 0. The van der Waals surface area contributed by atoms with Gasteiger partial charge in [0, 0.05) is 6.92 Å². The predicted molar refractivity (Wildman–Crippen MR) is 81.2 cm³/mol. The summed E-state index contributed by atoms with van der Waals surface area (Å²) < 4.78 is 5.97. The van der Waals surface area contributed by atoms with Gasteiger partial charge in [0.15, 0.2) is 0 Å². The number of hydrogen-bond acceptors (Lipinski definition) is 3. The number of carbonyl (C=O) groups excluding carboxylic acids is 1. The molecular formula is C16H24N2O2. The number of carbonyl (C=O) groups is 1. The maximum Gasteiger partial charge on any atom is 0.224 e. The van der Waals surface area contributed by atoms with E-state index in [-0.39, 0.29) is 11.5 Å². The van der Waals surface area contributed by atoms with E-state index < -0.39 is 0 Å². The number of anilines is 1. The van der Waals surface area contributed by atoms with E-state index in [2.05, 4.69) is 12.1 Å². The van der Waals surface area contributed by atoms with Gasteiger partial charge >= 0.3 is 0 Å². The number of benzene rings is 1. The van der Waals surface area contributed by atoms with E-state index in [1.807, 2.05) is 24.8 Å². The van der Waals surface area contributed by atoms with Crippen molar-refractivity contribution in [2.45, 2.75) is 45.6 Å². The Morgan fingerprint density at radius 1 is 1.40 bits per heavy atom. The van der Waals surface area contributed by atoms with Crippen LogP contribution in [0.3, 0.4) is 0 Å². The van der Waals surface area contributed by atoms with Gasteiger partial charge in [-0.3, -0.25) is 4.79 Å². The zero-order valence-electron chi connectivity index (χ0n) is 12.6. The van der Waals surface area contributed by atoms with Crippen LogP contribution < -0.4 is 15.4 Å². The first-order valence-electron chi connectivity index (χ1n) is 7.23. The second-order valence-electron chi connectivity index (χ2n) is 6.01. The molecule has 2 rings (SSSR count). The molecule has 0 unspecified atom stereocenters. The smallest absolute Gasteiger partial charge is 0.224 e. The average molecular weight is 276 g/mol. The average Bonchev–Trinajstić information content (AvgIpc) is 2.37. The Bertz CT molecular complexity index is 497. The van der Waals surface area contributed by atoms with Crippen molar-refractivity contribution in [1.82, 2.24) is 0 Å². The summed E-state index contributed by atoms with van der Waals surface area (Å²) in [7, 11) is 0. The van der Waals surface area contributed by atoms with Crippen LogP contribution >= 0.6 is 0 Å². The Hall–Kier alpha value is -1.55. The molecular weight excluding hydrogens is 252 g/mol. The van der Waals surface area contributed by atoms with Crippen LogP contribution in [0.25, 0.3) is 0 Å². The van der Waals surface area contributed by atoms with Gasteiger partial charge in [-0.05, 0) is 57.4 Å². The largest absolute Gasteiger partial charge is 0.484 e. The van der Waals surface area contributed by atoms with Crippen molar-refractivity contribution in [3.8, 4) is 5.75 Å². The zero-order valence-corrected chi connectivity index (χ0v) is 12.6. The van der Waals surface area contributed by atoms with E-state index in [0.29, 0.717) is 6.54 Å². The van der Waals surface area contributed by atoms with Crippen molar-refractivity contribution >= 4 is 11.6 Å². The summed E-state index contributed by atoms with van der Waals surface area (Å²) in [6, 6.07) is 6.13. The van der Waals surface area contributed by atoms with E-state index >= 15 is 0 Å². The quantitative estimate of drug-likeness (QED) is 0.860. The summed E-state index contributed by atoms with van der Waals surface area (Å²) >= 11 is 0. The lowest BCUT2D eigenvalue weighted by atomic mass is 10.0. The van der Waals surface area contributed by atoms with Crippen molar-refractivity contribution in [3.63, 3.8) is 0 Å². The molecule has 20 heavy (non-hydrogen) atoms. The highest BCUT2D eigenvalue weighted by atomic mass is 16.5.